The number of nitrogens with one attached hydrogen (secondary N) is 5. The second-order valence-electron chi connectivity index (χ2n) is 14.5. The molecule has 3 heterocycles. The van der Waals surface area contributed by atoms with Crippen molar-refractivity contribution in [3.8, 4) is 0 Å². The molecule has 0 aliphatic carbocycles. The quantitative estimate of drug-likeness (QED) is 0.0400. The number of carbonyl (C=O) groups excluding carboxylic acids is 4. The van der Waals surface area contributed by atoms with E-state index in [-0.39, 0.29) is 76.9 Å². The average Bonchev–Trinajstić information content (AvgIpc) is 3.93. The van der Waals surface area contributed by atoms with Crippen molar-refractivity contribution in [2.24, 2.45) is 0 Å². The molecular formula is C35H51F11N8O10S. The fourth-order valence-electron chi connectivity index (χ4n) is 5.80. The van der Waals surface area contributed by atoms with Gasteiger partial charge in [0.2, 0.25) is 17.9 Å². The molecular weight excluding hydrogens is 933 g/mol. The van der Waals surface area contributed by atoms with Gasteiger partial charge in [0, 0.05) is 50.4 Å². The van der Waals surface area contributed by atoms with Crippen molar-refractivity contribution in [2.75, 3.05) is 78.2 Å². The minimum Gasteiger partial charge on any atom is -0.379 e. The molecule has 0 bridgehead atoms. The minimum absolute atomic E-state index is 0.00529. The number of aromatic nitrogens is 3. The van der Waals surface area contributed by atoms with Crippen LogP contribution in [0.4, 0.5) is 53.1 Å². The zero-order valence-electron chi connectivity index (χ0n) is 34.8. The lowest BCUT2D eigenvalue weighted by Crippen LogP contribution is -2.62. The van der Waals surface area contributed by atoms with E-state index < -0.39 is 67.9 Å². The highest BCUT2D eigenvalue weighted by Crippen LogP contribution is 2.49. The number of nitrogens with zero attached hydrogens (tertiary/aromatic N) is 3. The first-order valence-corrected chi connectivity index (χ1v) is 21.1. The van der Waals surface area contributed by atoms with Gasteiger partial charge in [-0.05, 0) is 12.8 Å². The van der Waals surface area contributed by atoms with Gasteiger partial charge < -0.3 is 50.3 Å². The largest absolute Gasteiger partial charge is 0.457 e. The van der Waals surface area contributed by atoms with Crippen molar-refractivity contribution >= 4 is 35.5 Å². The monoisotopic (exact) mass is 984 g/mol. The summed E-state index contributed by atoms with van der Waals surface area (Å²) in [6, 6.07) is 0.223. The lowest BCUT2D eigenvalue weighted by Gasteiger charge is -2.36. The van der Waals surface area contributed by atoms with Crippen LogP contribution in [0.5, 0.6) is 0 Å². The number of hydrogen-bond acceptors (Lipinski definition) is 13. The Bertz CT molecular complexity index is 1650. The van der Waals surface area contributed by atoms with E-state index in [1.165, 1.54) is 5.32 Å². The number of ether oxygens (including phenoxy) is 6. The van der Waals surface area contributed by atoms with Crippen molar-refractivity contribution in [1.29, 1.82) is 0 Å². The molecule has 0 aromatic carbocycles. The van der Waals surface area contributed by atoms with E-state index in [0.717, 1.165) is 25.0 Å². The Labute approximate surface area is 368 Å². The van der Waals surface area contributed by atoms with Crippen LogP contribution >= 0.6 is 11.8 Å². The lowest BCUT2D eigenvalue weighted by molar-refractivity contribution is -0.474. The molecule has 374 valence electrons. The number of unbranched alkanes of at least 4 members (excludes halogenated alkanes) is 1. The van der Waals surface area contributed by atoms with Crippen molar-refractivity contribution in [3.63, 3.8) is 0 Å². The standard InChI is InChI=1S/C35H51F11N8O10S/c1-31(36,37)21-63-33(41,34(42,43)44)35(45,46)64-28(32(38,39)40)29(57)49-9-14-60-12-7-48-26(56)6-11-59-16-17-62-19-22-18-54(53-52-22)10-15-61-13-8-47-25(55)5-3-2-4-24-27-23(20-65-24)50-30(58)51-27/h18,23-24,27-28H,2-17,19-21H2,1H3,(H,47,55)(H,48,56)(H,49,57)(H2,50,51,58)/t23-,24-,27-,28?,33?/m0/s1. The van der Waals surface area contributed by atoms with Gasteiger partial charge in [-0.25, -0.2) is 18.3 Å². The molecule has 30 heteroatoms. The van der Waals surface area contributed by atoms with Crippen LogP contribution in [0.1, 0.15) is 44.7 Å². The van der Waals surface area contributed by atoms with Crippen LogP contribution in [-0.4, -0.2) is 171 Å². The number of urea groups is 1. The summed E-state index contributed by atoms with van der Waals surface area (Å²) in [7, 11) is 0. The molecule has 1 aromatic heterocycles. The maximum absolute atomic E-state index is 14.3. The summed E-state index contributed by atoms with van der Waals surface area (Å²) in [5.74, 6) is -13.0. The van der Waals surface area contributed by atoms with E-state index in [0.29, 0.717) is 43.7 Å². The Hall–Kier alpha value is -3.84. The number of fused-ring (bicyclic) bond motifs is 1. The molecule has 5 N–H and O–H groups in total. The maximum Gasteiger partial charge on any atom is 0.457 e. The number of rotatable bonds is 32. The SMILES string of the molecule is CC(F)(F)COC(F)(C(F)(F)F)C(F)(F)OC(C(=O)NCCOCCNC(=O)CCOCCOCc1cn(CCOCCNC(=O)CCCC[C@@H]2SC[C@@H]3NC(=O)N[C@@H]32)nn1)C(F)(F)F. The van der Waals surface area contributed by atoms with E-state index in [9.17, 15) is 67.5 Å². The number of hydrogen-bond donors (Lipinski definition) is 5. The Morgan fingerprint density at radius 2 is 1.43 bits per heavy atom. The third-order valence-electron chi connectivity index (χ3n) is 8.97. The van der Waals surface area contributed by atoms with Crippen molar-refractivity contribution in [2.45, 2.75) is 106 Å². The normalized spacial score (nSPS) is 19.3. The van der Waals surface area contributed by atoms with Crippen molar-refractivity contribution < 1.29 is 95.9 Å². The molecule has 2 aliphatic rings. The summed E-state index contributed by atoms with van der Waals surface area (Å²) in [5.41, 5.74) is 0.544. The van der Waals surface area contributed by atoms with Gasteiger partial charge >= 0.3 is 30.3 Å². The number of carbonyl (C=O) groups is 4. The van der Waals surface area contributed by atoms with E-state index in [1.54, 1.807) is 10.9 Å². The van der Waals surface area contributed by atoms with Gasteiger partial charge in [-0.15, -0.1) is 5.10 Å². The fourth-order valence-corrected chi connectivity index (χ4v) is 7.35. The third-order valence-corrected chi connectivity index (χ3v) is 10.5. The van der Waals surface area contributed by atoms with Gasteiger partial charge in [0.15, 0.2) is 0 Å². The van der Waals surface area contributed by atoms with Crippen molar-refractivity contribution in [1.82, 2.24) is 41.6 Å². The van der Waals surface area contributed by atoms with E-state index in [2.05, 4.69) is 41.1 Å². The molecule has 2 unspecified atom stereocenters. The molecule has 0 spiro atoms. The number of halogens is 11. The number of alkyl halides is 11. The van der Waals surface area contributed by atoms with Crippen LogP contribution < -0.4 is 26.6 Å². The second kappa shape index (κ2) is 25.9. The highest BCUT2D eigenvalue weighted by atomic mass is 32.2. The predicted octanol–water partition coefficient (Wildman–Crippen LogP) is 2.75. The van der Waals surface area contributed by atoms with Crippen LogP contribution in [0.15, 0.2) is 6.20 Å². The summed E-state index contributed by atoms with van der Waals surface area (Å²) < 4.78 is 176. The minimum atomic E-state index is -6.89. The molecule has 0 saturated carbocycles. The molecule has 5 atom stereocenters. The highest BCUT2D eigenvalue weighted by molar-refractivity contribution is 8.00. The first-order valence-electron chi connectivity index (χ1n) is 20.0. The zero-order valence-corrected chi connectivity index (χ0v) is 35.6. The van der Waals surface area contributed by atoms with Crippen LogP contribution in [0.3, 0.4) is 0 Å². The molecule has 2 fully saturated rings. The summed E-state index contributed by atoms with van der Waals surface area (Å²) in [6.07, 6.45) is -19.5. The zero-order chi connectivity index (χ0) is 48.3. The summed E-state index contributed by atoms with van der Waals surface area (Å²) in [6.45, 7) is -2.82. The lowest BCUT2D eigenvalue weighted by atomic mass is 10.0. The molecule has 0 radical (unpaired) electrons. The first kappa shape index (κ1) is 55.5. The topological polar surface area (TPSA) is 215 Å². The Kier molecular flexibility index (Phi) is 22.1. The summed E-state index contributed by atoms with van der Waals surface area (Å²) in [4.78, 5) is 47.5. The predicted molar refractivity (Wildman–Crippen MR) is 202 cm³/mol. The molecule has 18 nitrogen and oxygen atoms in total. The van der Waals surface area contributed by atoms with E-state index in [4.69, 9.17) is 18.9 Å². The third kappa shape index (κ3) is 19.5. The van der Waals surface area contributed by atoms with Gasteiger partial charge in [-0.2, -0.15) is 51.3 Å². The van der Waals surface area contributed by atoms with Gasteiger partial charge in [0.25, 0.3) is 11.8 Å². The molecule has 1 aromatic rings. The van der Waals surface area contributed by atoms with E-state index >= 15 is 0 Å². The van der Waals surface area contributed by atoms with Crippen LogP contribution in [0.25, 0.3) is 0 Å². The Balaban J connectivity index is 1.15. The highest BCUT2D eigenvalue weighted by Gasteiger charge is 2.76. The van der Waals surface area contributed by atoms with Gasteiger partial charge in [0.1, 0.15) is 12.3 Å². The number of amides is 5. The molecule has 5 amide bonds. The first-order chi connectivity index (χ1) is 30.4. The van der Waals surface area contributed by atoms with Gasteiger partial charge in [-0.3, -0.25) is 19.1 Å². The van der Waals surface area contributed by atoms with E-state index in [1.807, 2.05) is 11.8 Å². The average molecular weight is 985 g/mol. The summed E-state index contributed by atoms with van der Waals surface area (Å²) >= 11 is 1.84. The van der Waals surface area contributed by atoms with Gasteiger partial charge in [-0.1, -0.05) is 11.6 Å². The van der Waals surface area contributed by atoms with Crippen LogP contribution in [-0.2, 0) is 56.0 Å². The van der Waals surface area contributed by atoms with Crippen molar-refractivity contribution in [3.05, 3.63) is 11.9 Å². The van der Waals surface area contributed by atoms with Crippen LogP contribution in [0, 0.1) is 0 Å². The summed E-state index contributed by atoms with van der Waals surface area (Å²) in [5, 5.41) is 20.9. The number of thioether (sulfide) groups is 1. The molecule has 2 saturated heterocycles. The second-order valence-corrected chi connectivity index (χ2v) is 15.8. The Morgan fingerprint density at radius 1 is 0.815 bits per heavy atom. The van der Waals surface area contributed by atoms with Gasteiger partial charge in [0.05, 0.1) is 77.7 Å². The Morgan fingerprint density at radius 3 is 2.08 bits per heavy atom. The molecule has 3 rings (SSSR count). The molecule has 65 heavy (non-hydrogen) atoms. The smallest absolute Gasteiger partial charge is 0.379 e. The van der Waals surface area contributed by atoms with Crippen LogP contribution in [0.2, 0.25) is 0 Å². The maximum atomic E-state index is 14.3. The fraction of sp³-hybridized carbons (Fsp3) is 0.829. The molecule has 2 aliphatic heterocycles.